The molecule has 17 heavy (non-hydrogen) atoms. The Hall–Kier alpha value is -2.75. The average Bonchev–Trinajstić information content (AvgIpc) is 2.35. The average molecular weight is 234 g/mol. The maximum absolute atomic E-state index is 11.3. The summed E-state index contributed by atoms with van der Waals surface area (Å²) in [5.74, 6) is -0.909. The van der Waals surface area contributed by atoms with Crippen molar-refractivity contribution >= 4 is 17.9 Å². The van der Waals surface area contributed by atoms with Crippen LogP contribution in [-0.2, 0) is 4.74 Å². The second-order valence-corrected chi connectivity index (χ2v) is 2.94. The molecule has 1 aromatic rings. The summed E-state index contributed by atoms with van der Waals surface area (Å²) in [5, 5.41) is 19.4. The Balaban J connectivity index is 3.60. The van der Waals surface area contributed by atoms with E-state index in [2.05, 4.69) is 4.74 Å². The lowest BCUT2D eigenvalue weighted by molar-refractivity contribution is -0.384. The van der Waals surface area contributed by atoms with Gasteiger partial charge in [-0.05, 0) is 0 Å². The zero-order chi connectivity index (χ0) is 13.0. The van der Waals surface area contributed by atoms with Crippen molar-refractivity contribution in [3.63, 3.8) is 0 Å². The summed E-state index contributed by atoms with van der Waals surface area (Å²) in [6.45, 7) is 0. The Bertz CT molecular complexity index is 544. The Morgan fingerprint density at radius 2 is 2.24 bits per heavy atom. The van der Waals surface area contributed by atoms with Gasteiger partial charge in [0.2, 0.25) is 0 Å². The van der Waals surface area contributed by atoms with Crippen molar-refractivity contribution in [1.29, 1.82) is 5.26 Å². The zero-order valence-electron chi connectivity index (χ0n) is 8.67. The number of non-ortho nitro benzene ring substituents is 1. The number of methoxy groups -OCH3 is 1. The highest BCUT2D eigenvalue weighted by Gasteiger charge is 2.21. The van der Waals surface area contributed by atoms with Gasteiger partial charge in [-0.15, -0.1) is 0 Å². The standard InChI is InChI=1S/C10H6N2O5/c1-17-10(14)8-3-7(12(15)16)2-6(5-13)9(8)4-11/h2-3,5H,1H3. The molecule has 0 fully saturated rings. The summed E-state index contributed by atoms with van der Waals surface area (Å²) in [6.07, 6.45) is 0.276. The van der Waals surface area contributed by atoms with Crippen molar-refractivity contribution in [2.75, 3.05) is 7.11 Å². The van der Waals surface area contributed by atoms with Gasteiger partial charge in [0.15, 0.2) is 6.29 Å². The minimum atomic E-state index is -0.909. The third-order valence-corrected chi connectivity index (χ3v) is 2.01. The van der Waals surface area contributed by atoms with Crippen molar-refractivity contribution in [3.05, 3.63) is 38.9 Å². The van der Waals surface area contributed by atoms with E-state index in [1.807, 2.05) is 0 Å². The lowest BCUT2D eigenvalue weighted by Gasteiger charge is -2.03. The lowest BCUT2D eigenvalue weighted by Crippen LogP contribution is -2.07. The Kier molecular flexibility index (Phi) is 3.51. The van der Waals surface area contributed by atoms with Crippen molar-refractivity contribution in [2.24, 2.45) is 0 Å². The van der Waals surface area contributed by atoms with E-state index in [1.54, 1.807) is 6.07 Å². The van der Waals surface area contributed by atoms with E-state index in [1.165, 1.54) is 0 Å². The van der Waals surface area contributed by atoms with Gasteiger partial charge in [0.1, 0.15) is 6.07 Å². The fourth-order valence-electron chi connectivity index (χ4n) is 1.24. The summed E-state index contributed by atoms with van der Waals surface area (Å²) in [7, 11) is 1.07. The molecule has 0 saturated carbocycles. The van der Waals surface area contributed by atoms with Gasteiger partial charge in [-0.3, -0.25) is 14.9 Å². The highest BCUT2D eigenvalue weighted by molar-refractivity contribution is 5.96. The molecule has 0 heterocycles. The molecule has 0 amide bonds. The first-order valence-electron chi connectivity index (χ1n) is 4.31. The number of hydrogen-bond acceptors (Lipinski definition) is 6. The van der Waals surface area contributed by atoms with Crippen LogP contribution in [0.4, 0.5) is 5.69 Å². The number of hydrogen-bond donors (Lipinski definition) is 0. The Morgan fingerprint density at radius 3 is 2.65 bits per heavy atom. The summed E-state index contributed by atoms with van der Waals surface area (Å²) in [4.78, 5) is 31.8. The number of nitro groups is 1. The van der Waals surface area contributed by atoms with Gasteiger partial charge in [0.05, 0.1) is 23.2 Å². The molecule has 0 bridgehead atoms. The molecule has 1 rings (SSSR count). The number of carbonyl (C=O) groups is 2. The van der Waals surface area contributed by atoms with Crippen LogP contribution in [0.1, 0.15) is 26.3 Å². The SMILES string of the molecule is COC(=O)c1cc([N+](=O)[O-])cc(C=O)c1C#N. The summed E-state index contributed by atoms with van der Waals surface area (Å²) < 4.78 is 4.38. The number of nitrogens with zero attached hydrogens (tertiary/aromatic N) is 2. The van der Waals surface area contributed by atoms with Crippen LogP contribution < -0.4 is 0 Å². The molecule has 0 unspecified atom stereocenters. The number of nitriles is 1. The molecule has 7 heteroatoms. The maximum Gasteiger partial charge on any atom is 0.339 e. The highest BCUT2D eigenvalue weighted by atomic mass is 16.6. The van der Waals surface area contributed by atoms with E-state index < -0.39 is 16.6 Å². The minimum Gasteiger partial charge on any atom is -0.465 e. The highest BCUT2D eigenvalue weighted by Crippen LogP contribution is 2.21. The first-order chi connectivity index (χ1) is 8.04. The van der Waals surface area contributed by atoms with Crippen molar-refractivity contribution in [3.8, 4) is 6.07 Å². The van der Waals surface area contributed by atoms with Crippen molar-refractivity contribution < 1.29 is 19.2 Å². The predicted molar refractivity (Wildman–Crippen MR) is 54.5 cm³/mol. The number of carbonyl (C=O) groups excluding carboxylic acids is 2. The molecule has 7 nitrogen and oxygen atoms in total. The largest absolute Gasteiger partial charge is 0.465 e. The number of esters is 1. The fraction of sp³-hybridized carbons (Fsp3) is 0.100. The van der Waals surface area contributed by atoms with Crippen LogP contribution in [0.5, 0.6) is 0 Å². The van der Waals surface area contributed by atoms with E-state index in [0.717, 1.165) is 19.2 Å². The number of rotatable bonds is 3. The number of benzene rings is 1. The molecule has 0 spiro atoms. The van der Waals surface area contributed by atoms with Gasteiger partial charge >= 0.3 is 5.97 Å². The molecule has 0 atom stereocenters. The minimum absolute atomic E-state index is 0.220. The van der Waals surface area contributed by atoms with Gasteiger partial charge in [-0.2, -0.15) is 5.26 Å². The van der Waals surface area contributed by atoms with Crippen LogP contribution in [-0.4, -0.2) is 24.3 Å². The molecule has 0 radical (unpaired) electrons. The molecule has 86 valence electrons. The molecule has 0 aliphatic rings. The van der Waals surface area contributed by atoms with E-state index in [0.29, 0.717) is 0 Å². The van der Waals surface area contributed by atoms with Crippen LogP contribution in [0.15, 0.2) is 12.1 Å². The Morgan fingerprint density at radius 1 is 1.59 bits per heavy atom. The zero-order valence-corrected chi connectivity index (χ0v) is 8.67. The first-order valence-corrected chi connectivity index (χ1v) is 4.31. The molecule has 0 N–H and O–H groups in total. The number of aldehydes is 1. The van der Waals surface area contributed by atoms with Crippen LogP contribution in [0.3, 0.4) is 0 Å². The predicted octanol–water partition coefficient (Wildman–Crippen LogP) is 1.07. The van der Waals surface area contributed by atoms with Crippen molar-refractivity contribution in [2.45, 2.75) is 0 Å². The van der Waals surface area contributed by atoms with Crippen molar-refractivity contribution in [1.82, 2.24) is 0 Å². The smallest absolute Gasteiger partial charge is 0.339 e. The third-order valence-electron chi connectivity index (χ3n) is 2.01. The van der Waals surface area contributed by atoms with Crippen LogP contribution >= 0.6 is 0 Å². The second-order valence-electron chi connectivity index (χ2n) is 2.94. The molecular weight excluding hydrogens is 228 g/mol. The molecule has 1 aromatic carbocycles. The second kappa shape index (κ2) is 4.85. The summed E-state index contributed by atoms with van der Waals surface area (Å²) >= 11 is 0. The number of nitro benzene ring substituents is 1. The van der Waals surface area contributed by atoms with Crippen LogP contribution in [0.2, 0.25) is 0 Å². The third kappa shape index (κ3) is 2.26. The molecule has 0 saturated heterocycles. The van der Waals surface area contributed by atoms with Gasteiger partial charge in [-0.1, -0.05) is 0 Å². The quantitative estimate of drug-likeness (QED) is 0.334. The molecule has 0 aliphatic heterocycles. The van der Waals surface area contributed by atoms with Gasteiger partial charge < -0.3 is 4.74 Å². The number of ether oxygens (including phenoxy) is 1. The monoisotopic (exact) mass is 234 g/mol. The maximum atomic E-state index is 11.3. The first kappa shape index (κ1) is 12.3. The molecule has 0 aromatic heterocycles. The van der Waals surface area contributed by atoms with E-state index in [9.17, 15) is 19.7 Å². The van der Waals surface area contributed by atoms with E-state index >= 15 is 0 Å². The van der Waals surface area contributed by atoms with Gasteiger partial charge in [0, 0.05) is 17.7 Å². The lowest BCUT2D eigenvalue weighted by atomic mass is 10.0. The normalized spacial score (nSPS) is 9.18. The molecular formula is C10H6N2O5. The van der Waals surface area contributed by atoms with Crippen LogP contribution in [0.25, 0.3) is 0 Å². The molecule has 0 aliphatic carbocycles. The topological polar surface area (TPSA) is 110 Å². The summed E-state index contributed by atoms with van der Waals surface area (Å²) in [6, 6.07) is 3.47. The Labute approximate surface area is 95.4 Å². The van der Waals surface area contributed by atoms with Gasteiger partial charge in [0.25, 0.3) is 5.69 Å². The fourth-order valence-corrected chi connectivity index (χ4v) is 1.24. The van der Waals surface area contributed by atoms with Crippen LogP contribution in [0, 0.1) is 21.4 Å². The van der Waals surface area contributed by atoms with Gasteiger partial charge in [-0.25, -0.2) is 4.79 Å². The van der Waals surface area contributed by atoms with E-state index in [-0.39, 0.29) is 23.0 Å². The summed E-state index contributed by atoms with van der Waals surface area (Å²) in [5.41, 5.74) is -1.21. The van der Waals surface area contributed by atoms with E-state index in [4.69, 9.17) is 5.26 Å².